The first-order valence-corrected chi connectivity index (χ1v) is 11.6. The number of nitrogens with one attached hydrogen (secondary N) is 1. The molecule has 0 aliphatic carbocycles. The number of thiophene rings is 1. The van der Waals surface area contributed by atoms with Crippen LogP contribution in [0.3, 0.4) is 0 Å². The van der Waals surface area contributed by atoms with Gasteiger partial charge in [-0.3, -0.25) is 0 Å². The van der Waals surface area contributed by atoms with Gasteiger partial charge in [0, 0.05) is 30.4 Å². The number of nitrogens with zero attached hydrogens (tertiary/aromatic N) is 6. The van der Waals surface area contributed by atoms with Gasteiger partial charge in [0.25, 0.3) is 0 Å². The van der Waals surface area contributed by atoms with Crippen molar-refractivity contribution in [3.8, 4) is 6.01 Å². The molecule has 2 aliphatic rings. The second kappa shape index (κ2) is 8.47. The second-order valence-corrected chi connectivity index (χ2v) is 9.31. The van der Waals surface area contributed by atoms with Gasteiger partial charge in [0.1, 0.15) is 10.6 Å². The standard InChI is InChI=1S/C20H24F3N7OS/c1-2-3-13-8-14-16(25-19(26-17(14)32-13)31-11-12-4-5-24-9-12)29-6-7-30-15(10-29)27-28-18(30)20(21,22)23/h8,12,24H,2-7,9-11H2,1H3/t12-/m1/s1. The van der Waals surface area contributed by atoms with E-state index < -0.39 is 12.0 Å². The Hall–Kier alpha value is -2.47. The smallest absolute Gasteiger partial charge is 0.451 e. The van der Waals surface area contributed by atoms with Crippen LogP contribution in [0.1, 0.15) is 36.3 Å². The van der Waals surface area contributed by atoms with E-state index in [1.165, 1.54) is 4.88 Å². The third-order valence-electron chi connectivity index (χ3n) is 5.82. The van der Waals surface area contributed by atoms with Crippen LogP contribution in [0, 0.1) is 5.92 Å². The lowest BCUT2D eigenvalue weighted by molar-refractivity contribution is -0.147. The maximum absolute atomic E-state index is 13.2. The highest BCUT2D eigenvalue weighted by molar-refractivity contribution is 7.18. The number of ether oxygens (including phenoxy) is 1. The summed E-state index contributed by atoms with van der Waals surface area (Å²) in [5, 5.41) is 11.4. The Kier molecular flexibility index (Phi) is 5.66. The zero-order valence-corrected chi connectivity index (χ0v) is 18.5. The molecule has 0 aromatic carbocycles. The average Bonchev–Trinajstić information content (AvgIpc) is 3.49. The van der Waals surface area contributed by atoms with Crippen molar-refractivity contribution in [2.75, 3.05) is 31.1 Å². The molecule has 0 radical (unpaired) electrons. The topological polar surface area (TPSA) is 81.0 Å². The molecule has 1 atom stereocenters. The van der Waals surface area contributed by atoms with E-state index in [0.29, 0.717) is 30.9 Å². The number of anilines is 1. The molecule has 32 heavy (non-hydrogen) atoms. The van der Waals surface area contributed by atoms with E-state index in [1.807, 2.05) is 4.90 Å². The summed E-state index contributed by atoms with van der Waals surface area (Å²) in [5.41, 5.74) is 0. The van der Waals surface area contributed by atoms with Gasteiger partial charge in [0.2, 0.25) is 5.82 Å². The van der Waals surface area contributed by atoms with Crippen LogP contribution < -0.4 is 15.0 Å². The molecule has 0 bridgehead atoms. The number of rotatable bonds is 6. The molecule has 8 nitrogen and oxygen atoms in total. The SMILES string of the molecule is CCCc1cc2c(N3CCn4c(nnc4C(F)(F)F)C3)nc(OC[C@@H]3CCNC3)nc2s1. The van der Waals surface area contributed by atoms with E-state index >= 15 is 0 Å². The first kappa shape index (κ1) is 21.4. The highest BCUT2D eigenvalue weighted by Crippen LogP contribution is 2.36. The fourth-order valence-electron chi connectivity index (χ4n) is 4.21. The first-order chi connectivity index (χ1) is 15.4. The van der Waals surface area contributed by atoms with E-state index in [4.69, 9.17) is 4.74 Å². The van der Waals surface area contributed by atoms with Crippen molar-refractivity contribution >= 4 is 27.4 Å². The van der Waals surface area contributed by atoms with Crippen LogP contribution in [-0.4, -0.2) is 51.0 Å². The van der Waals surface area contributed by atoms with Crippen molar-refractivity contribution in [2.24, 2.45) is 5.92 Å². The fourth-order valence-corrected chi connectivity index (χ4v) is 5.32. The maximum atomic E-state index is 13.2. The molecule has 3 aromatic heterocycles. The first-order valence-electron chi connectivity index (χ1n) is 10.8. The van der Waals surface area contributed by atoms with Gasteiger partial charge in [-0.05, 0) is 25.5 Å². The lowest BCUT2D eigenvalue weighted by Crippen LogP contribution is -2.36. The molecular weight excluding hydrogens is 443 g/mol. The monoisotopic (exact) mass is 467 g/mol. The van der Waals surface area contributed by atoms with Crippen LogP contribution >= 0.6 is 11.3 Å². The molecule has 1 N–H and O–H groups in total. The Bertz CT molecular complexity index is 1110. The van der Waals surface area contributed by atoms with Crippen LogP contribution in [0.2, 0.25) is 0 Å². The summed E-state index contributed by atoms with van der Waals surface area (Å²) in [6.45, 7) is 5.26. The normalized spacial score (nSPS) is 19.0. The van der Waals surface area contributed by atoms with Gasteiger partial charge >= 0.3 is 12.2 Å². The Labute approximate surface area is 186 Å². The Morgan fingerprint density at radius 3 is 2.88 bits per heavy atom. The largest absolute Gasteiger partial charge is 0.463 e. The zero-order valence-electron chi connectivity index (χ0n) is 17.7. The summed E-state index contributed by atoms with van der Waals surface area (Å²) in [7, 11) is 0. The Balaban J connectivity index is 1.46. The van der Waals surface area contributed by atoms with Gasteiger partial charge < -0.3 is 19.5 Å². The third-order valence-corrected chi connectivity index (χ3v) is 6.91. The molecule has 0 amide bonds. The third kappa shape index (κ3) is 4.13. The molecule has 1 saturated heterocycles. The Morgan fingerprint density at radius 2 is 2.12 bits per heavy atom. The lowest BCUT2D eigenvalue weighted by atomic mass is 10.1. The van der Waals surface area contributed by atoms with Crippen LogP contribution in [0.4, 0.5) is 19.0 Å². The van der Waals surface area contributed by atoms with E-state index in [9.17, 15) is 13.2 Å². The van der Waals surface area contributed by atoms with Gasteiger partial charge in [-0.25, -0.2) is 0 Å². The number of aromatic nitrogens is 5. The summed E-state index contributed by atoms with van der Waals surface area (Å²) >= 11 is 1.61. The van der Waals surface area contributed by atoms with Gasteiger partial charge in [-0.15, -0.1) is 21.5 Å². The predicted octanol–water partition coefficient (Wildman–Crippen LogP) is 3.26. The van der Waals surface area contributed by atoms with E-state index in [2.05, 4.69) is 38.5 Å². The minimum absolute atomic E-state index is 0.137. The van der Waals surface area contributed by atoms with Gasteiger partial charge in [-0.1, -0.05) is 13.3 Å². The van der Waals surface area contributed by atoms with Gasteiger partial charge in [0.15, 0.2) is 5.82 Å². The molecular formula is C20H24F3N7OS. The molecule has 0 unspecified atom stereocenters. The molecule has 5 heterocycles. The van der Waals surface area contributed by atoms with Crippen molar-refractivity contribution in [2.45, 2.75) is 45.5 Å². The quantitative estimate of drug-likeness (QED) is 0.596. The predicted molar refractivity (Wildman–Crippen MR) is 114 cm³/mol. The summed E-state index contributed by atoms with van der Waals surface area (Å²) in [6.07, 6.45) is -1.51. The van der Waals surface area contributed by atoms with Crippen LogP contribution in [-0.2, 0) is 25.7 Å². The zero-order chi connectivity index (χ0) is 22.3. The minimum Gasteiger partial charge on any atom is -0.463 e. The van der Waals surface area contributed by atoms with Gasteiger partial charge in [0.05, 0.1) is 18.5 Å². The van der Waals surface area contributed by atoms with Crippen molar-refractivity contribution in [1.29, 1.82) is 0 Å². The van der Waals surface area contributed by atoms with Crippen molar-refractivity contribution in [3.05, 3.63) is 22.6 Å². The van der Waals surface area contributed by atoms with Crippen LogP contribution in [0.25, 0.3) is 10.2 Å². The molecule has 2 aliphatic heterocycles. The molecule has 3 aromatic rings. The highest BCUT2D eigenvalue weighted by atomic mass is 32.1. The number of alkyl halides is 3. The number of hydrogen-bond donors (Lipinski definition) is 1. The van der Waals surface area contributed by atoms with Crippen molar-refractivity contribution < 1.29 is 17.9 Å². The van der Waals surface area contributed by atoms with Gasteiger partial charge in [-0.2, -0.15) is 23.1 Å². The number of halogens is 3. The summed E-state index contributed by atoms with van der Waals surface area (Å²) in [5.74, 6) is 0.427. The van der Waals surface area contributed by atoms with Crippen LogP contribution in [0.15, 0.2) is 6.07 Å². The molecule has 1 fully saturated rings. The second-order valence-electron chi connectivity index (χ2n) is 8.19. The Morgan fingerprint density at radius 1 is 1.25 bits per heavy atom. The lowest BCUT2D eigenvalue weighted by Gasteiger charge is -2.29. The number of aryl methyl sites for hydroxylation is 1. The van der Waals surface area contributed by atoms with Crippen molar-refractivity contribution in [3.63, 3.8) is 0 Å². The number of fused-ring (bicyclic) bond motifs is 2. The molecule has 5 rings (SSSR count). The molecule has 172 valence electrons. The minimum atomic E-state index is -4.52. The molecule has 0 saturated carbocycles. The molecule has 12 heteroatoms. The number of hydrogen-bond acceptors (Lipinski definition) is 8. The molecule has 0 spiro atoms. The van der Waals surface area contributed by atoms with E-state index in [0.717, 1.165) is 47.1 Å². The van der Waals surface area contributed by atoms with Crippen molar-refractivity contribution in [1.82, 2.24) is 30.0 Å². The van der Waals surface area contributed by atoms with E-state index in [1.54, 1.807) is 11.3 Å². The summed E-state index contributed by atoms with van der Waals surface area (Å²) in [6, 6.07) is 2.40. The van der Waals surface area contributed by atoms with E-state index in [-0.39, 0.29) is 18.9 Å². The highest BCUT2D eigenvalue weighted by Gasteiger charge is 2.39. The summed E-state index contributed by atoms with van der Waals surface area (Å²) in [4.78, 5) is 13.3. The van der Waals surface area contributed by atoms with Crippen LogP contribution in [0.5, 0.6) is 6.01 Å². The fraction of sp³-hybridized carbons (Fsp3) is 0.600. The maximum Gasteiger partial charge on any atom is 0.451 e. The average molecular weight is 468 g/mol. The summed E-state index contributed by atoms with van der Waals surface area (Å²) < 4.78 is 46.7.